The van der Waals surface area contributed by atoms with Gasteiger partial charge in [0.1, 0.15) is 0 Å². The van der Waals surface area contributed by atoms with E-state index < -0.39 is 23.4 Å². The van der Waals surface area contributed by atoms with Crippen LogP contribution in [-0.4, -0.2) is 32.1 Å². The van der Waals surface area contributed by atoms with E-state index in [1.165, 1.54) is 11.1 Å². The van der Waals surface area contributed by atoms with Crippen LogP contribution in [0.25, 0.3) is 0 Å². The molecule has 2 aliphatic rings. The van der Waals surface area contributed by atoms with Gasteiger partial charge in [-0.05, 0) is 55.4 Å². The van der Waals surface area contributed by atoms with E-state index >= 15 is 0 Å². The molecule has 138 valence electrons. The molecule has 5 nitrogen and oxygen atoms in total. The van der Waals surface area contributed by atoms with E-state index in [0.29, 0.717) is 6.42 Å². The van der Waals surface area contributed by atoms with Crippen LogP contribution in [0.4, 0.5) is 11.4 Å². The van der Waals surface area contributed by atoms with E-state index in [0.717, 1.165) is 37.1 Å². The lowest BCUT2D eigenvalue weighted by molar-refractivity contribution is 0.0809. The first kappa shape index (κ1) is 17.7. The second-order valence-electron chi connectivity index (χ2n) is 7.08. The molecular formula is C20H23N2O3S-. The van der Waals surface area contributed by atoms with Crippen LogP contribution in [-0.2, 0) is 24.1 Å². The first-order chi connectivity index (χ1) is 12.6. The summed E-state index contributed by atoms with van der Waals surface area (Å²) >= 11 is -2.38. The molecule has 2 aromatic carbocycles. The standard InChI is InChI=1S/C20H24N2O3S/c23-20-16(21-26(24)25)8-5-11-19(20)22-17-9-3-1-6-14(17)12-13-15-7-2-4-10-18(15)22/h1-4,6-7,9-10,16,19-21,23H,5,8,11-13H2,(H,24,25)/p-1/t16-,19+,20+/m0/s1. The number of anilines is 2. The van der Waals surface area contributed by atoms with E-state index in [1.807, 2.05) is 12.1 Å². The summed E-state index contributed by atoms with van der Waals surface area (Å²) in [5.41, 5.74) is 4.76. The Morgan fingerprint density at radius 1 is 1.00 bits per heavy atom. The molecule has 1 fully saturated rings. The van der Waals surface area contributed by atoms with Crippen molar-refractivity contribution in [2.45, 2.75) is 50.3 Å². The first-order valence-electron chi connectivity index (χ1n) is 9.13. The predicted octanol–water partition coefficient (Wildman–Crippen LogP) is 2.59. The molecule has 2 N–H and O–H groups in total. The van der Waals surface area contributed by atoms with Crippen molar-refractivity contribution in [3.05, 3.63) is 59.7 Å². The minimum atomic E-state index is -2.38. The summed E-state index contributed by atoms with van der Waals surface area (Å²) < 4.78 is 24.7. The zero-order chi connectivity index (χ0) is 18.1. The summed E-state index contributed by atoms with van der Waals surface area (Å²) in [4.78, 5) is 2.24. The van der Waals surface area contributed by atoms with Gasteiger partial charge in [-0.15, -0.1) is 0 Å². The van der Waals surface area contributed by atoms with Crippen LogP contribution in [0.2, 0.25) is 0 Å². The molecular weight excluding hydrogens is 348 g/mol. The van der Waals surface area contributed by atoms with Crippen LogP contribution >= 0.6 is 0 Å². The van der Waals surface area contributed by atoms with Crippen molar-refractivity contribution in [2.24, 2.45) is 0 Å². The first-order valence-corrected chi connectivity index (χ1v) is 10.2. The highest BCUT2D eigenvalue weighted by Crippen LogP contribution is 2.40. The Hall–Kier alpha value is -1.73. The average Bonchev–Trinajstić information content (AvgIpc) is 2.80. The summed E-state index contributed by atoms with van der Waals surface area (Å²) in [5, 5.41) is 11.0. The number of nitrogens with one attached hydrogen (secondary N) is 1. The van der Waals surface area contributed by atoms with Crippen LogP contribution in [0.15, 0.2) is 48.5 Å². The zero-order valence-electron chi connectivity index (χ0n) is 14.5. The highest BCUT2D eigenvalue weighted by Gasteiger charge is 2.38. The lowest BCUT2D eigenvalue weighted by Crippen LogP contribution is -2.55. The SMILES string of the molecule is O=S([O-])N[C@H]1CCC[C@@H](N2c3ccccc3CCc3ccccc32)[C@@H]1O. The molecule has 0 spiro atoms. The largest absolute Gasteiger partial charge is 0.760 e. The molecule has 26 heavy (non-hydrogen) atoms. The maximum absolute atomic E-state index is 11.1. The topological polar surface area (TPSA) is 75.6 Å². The Bertz CT molecular complexity index is 766. The fourth-order valence-electron chi connectivity index (χ4n) is 4.36. The van der Waals surface area contributed by atoms with E-state index in [1.54, 1.807) is 0 Å². The molecule has 0 aromatic heterocycles. The molecule has 0 radical (unpaired) electrons. The summed E-state index contributed by atoms with van der Waals surface area (Å²) in [6.07, 6.45) is 3.51. The molecule has 1 aliphatic carbocycles. The van der Waals surface area contributed by atoms with Gasteiger partial charge in [0.25, 0.3) is 0 Å². The molecule has 4 atom stereocenters. The Morgan fingerprint density at radius 2 is 1.58 bits per heavy atom. The van der Waals surface area contributed by atoms with Gasteiger partial charge in [-0.3, -0.25) is 4.21 Å². The van der Waals surface area contributed by atoms with Gasteiger partial charge < -0.3 is 14.6 Å². The Labute approximate surface area is 156 Å². The smallest absolute Gasteiger partial charge is 0.0909 e. The molecule has 1 unspecified atom stereocenters. The lowest BCUT2D eigenvalue weighted by Gasteiger charge is -2.43. The zero-order valence-corrected chi connectivity index (χ0v) is 15.3. The number of aliphatic hydroxyl groups excluding tert-OH is 1. The minimum Gasteiger partial charge on any atom is -0.760 e. The van der Waals surface area contributed by atoms with Gasteiger partial charge in [0.15, 0.2) is 0 Å². The number of rotatable bonds is 3. The van der Waals surface area contributed by atoms with Crippen LogP contribution in [0.5, 0.6) is 0 Å². The van der Waals surface area contributed by atoms with Crippen LogP contribution in [0.1, 0.15) is 30.4 Å². The number of nitrogens with zero attached hydrogens (tertiary/aromatic N) is 1. The van der Waals surface area contributed by atoms with E-state index in [4.69, 9.17) is 0 Å². The molecule has 0 saturated heterocycles. The van der Waals surface area contributed by atoms with Crippen LogP contribution < -0.4 is 9.62 Å². The average molecular weight is 371 g/mol. The summed E-state index contributed by atoms with van der Waals surface area (Å²) in [6, 6.07) is 16.0. The number of aliphatic hydroxyl groups is 1. The van der Waals surface area contributed by atoms with Crippen LogP contribution in [0.3, 0.4) is 0 Å². The predicted molar refractivity (Wildman–Crippen MR) is 102 cm³/mol. The van der Waals surface area contributed by atoms with Crippen molar-refractivity contribution < 1.29 is 13.9 Å². The van der Waals surface area contributed by atoms with E-state index in [2.05, 4.69) is 46.0 Å². The van der Waals surface area contributed by atoms with Gasteiger partial charge in [-0.1, -0.05) is 36.4 Å². The van der Waals surface area contributed by atoms with Crippen molar-refractivity contribution in [1.82, 2.24) is 4.72 Å². The number of hydrogen-bond acceptors (Lipinski definition) is 4. The lowest BCUT2D eigenvalue weighted by atomic mass is 9.86. The third-order valence-electron chi connectivity index (χ3n) is 5.57. The molecule has 1 aliphatic heterocycles. The van der Waals surface area contributed by atoms with Crippen LogP contribution in [0, 0.1) is 0 Å². The maximum Gasteiger partial charge on any atom is 0.0909 e. The highest BCUT2D eigenvalue weighted by molar-refractivity contribution is 7.77. The van der Waals surface area contributed by atoms with Crippen molar-refractivity contribution in [3.63, 3.8) is 0 Å². The minimum absolute atomic E-state index is 0.162. The molecule has 1 saturated carbocycles. The molecule has 2 aromatic rings. The third kappa shape index (κ3) is 3.30. The molecule has 0 bridgehead atoms. The van der Waals surface area contributed by atoms with Gasteiger partial charge in [0.2, 0.25) is 0 Å². The second kappa shape index (κ2) is 7.48. The summed E-state index contributed by atoms with van der Waals surface area (Å²) in [6.45, 7) is 0. The maximum atomic E-state index is 11.1. The van der Waals surface area contributed by atoms with Gasteiger partial charge in [-0.2, -0.15) is 0 Å². The van der Waals surface area contributed by atoms with Crippen molar-refractivity contribution in [1.29, 1.82) is 0 Å². The molecule has 1 heterocycles. The summed E-state index contributed by atoms with van der Waals surface area (Å²) in [7, 11) is 0. The number of hydrogen-bond donors (Lipinski definition) is 2. The van der Waals surface area contributed by atoms with Gasteiger partial charge in [0.05, 0.1) is 12.1 Å². The Morgan fingerprint density at radius 3 is 2.15 bits per heavy atom. The van der Waals surface area contributed by atoms with E-state index in [9.17, 15) is 13.9 Å². The van der Waals surface area contributed by atoms with Crippen molar-refractivity contribution in [2.75, 3.05) is 4.90 Å². The Balaban J connectivity index is 1.78. The quantitative estimate of drug-likeness (QED) is 0.813. The molecule has 6 heteroatoms. The number of fused-ring (bicyclic) bond motifs is 2. The third-order valence-corrected chi connectivity index (χ3v) is 6.06. The second-order valence-corrected chi connectivity index (χ2v) is 7.78. The fraction of sp³-hybridized carbons (Fsp3) is 0.400. The summed E-state index contributed by atoms with van der Waals surface area (Å²) in [5.74, 6) is 0. The van der Waals surface area contributed by atoms with Crippen molar-refractivity contribution in [3.8, 4) is 0 Å². The Kier molecular flexibility index (Phi) is 5.09. The van der Waals surface area contributed by atoms with Gasteiger partial charge in [0, 0.05) is 28.7 Å². The number of benzene rings is 2. The van der Waals surface area contributed by atoms with Gasteiger partial charge >= 0.3 is 0 Å². The number of aryl methyl sites for hydroxylation is 2. The normalized spacial score (nSPS) is 26.5. The fourth-order valence-corrected chi connectivity index (χ4v) is 4.87. The monoisotopic (exact) mass is 371 g/mol. The van der Waals surface area contributed by atoms with E-state index in [-0.39, 0.29) is 6.04 Å². The molecule has 0 amide bonds. The van der Waals surface area contributed by atoms with Gasteiger partial charge in [-0.25, -0.2) is 4.72 Å². The highest BCUT2D eigenvalue weighted by atomic mass is 32.2. The molecule has 4 rings (SSSR count). The van der Waals surface area contributed by atoms with Crippen molar-refractivity contribution >= 4 is 22.6 Å². The number of para-hydroxylation sites is 2.